The van der Waals surface area contributed by atoms with E-state index in [1.165, 1.54) is 6.08 Å². The van der Waals surface area contributed by atoms with Crippen LogP contribution in [0, 0.1) is 6.92 Å². The van der Waals surface area contributed by atoms with Gasteiger partial charge in [-0.05, 0) is 36.1 Å². The first-order valence-corrected chi connectivity index (χ1v) is 9.41. The van der Waals surface area contributed by atoms with E-state index in [2.05, 4.69) is 16.4 Å². The highest BCUT2D eigenvalue weighted by Gasteiger charge is 2.10. The van der Waals surface area contributed by atoms with Gasteiger partial charge >= 0.3 is 0 Å². The van der Waals surface area contributed by atoms with Crippen molar-refractivity contribution in [2.24, 2.45) is 0 Å². The molecule has 2 heterocycles. The van der Waals surface area contributed by atoms with Gasteiger partial charge in [0.15, 0.2) is 0 Å². The summed E-state index contributed by atoms with van der Waals surface area (Å²) in [5.74, 6) is -0.152. The lowest BCUT2D eigenvalue weighted by molar-refractivity contribution is -0.116. The van der Waals surface area contributed by atoms with Crippen LogP contribution in [0.3, 0.4) is 0 Å². The van der Waals surface area contributed by atoms with E-state index in [0.29, 0.717) is 11.6 Å². The van der Waals surface area contributed by atoms with Gasteiger partial charge in [0.1, 0.15) is 5.01 Å². The maximum Gasteiger partial charge on any atom is 0.244 e. The quantitative estimate of drug-likeness (QED) is 0.626. The van der Waals surface area contributed by atoms with Crippen LogP contribution in [0.25, 0.3) is 16.0 Å². The molecule has 3 nitrogen and oxygen atoms in total. The Bertz CT molecular complexity index is 869. The van der Waals surface area contributed by atoms with E-state index >= 15 is 0 Å². The molecule has 0 radical (unpaired) electrons. The molecule has 0 fully saturated rings. The van der Waals surface area contributed by atoms with E-state index in [-0.39, 0.29) is 5.91 Å². The maximum atomic E-state index is 12.0. The number of aromatic nitrogens is 1. The Hall–Kier alpha value is -1.95. The Morgan fingerprint density at radius 2 is 2.12 bits per heavy atom. The van der Waals surface area contributed by atoms with Gasteiger partial charge in [-0.25, -0.2) is 4.98 Å². The van der Waals surface area contributed by atoms with Crippen LogP contribution >= 0.6 is 34.3 Å². The average molecular weight is 375 g/mol. The van der Waals surface area contributed by atoms with E-state index in [9.17, 15) is 4.79 Å². The van der Waals surface area contributed by atoms with Gasteiger partial charge in [0.2, 0.25) is 5.91 Å². The highest BCUT2D eigenvalue weighted by Crippen LogP contribution is 2.30. The normalized spacial score (nSPS) is 11.1. The standard InChI is InChI=1S/C18H15ClN2OS2/c1-12-16(24-18(21-12)15-7-4-10-23-15)11-20-17(22)9-8-13-5-2-3-6-14(13)19/h2-10H,11H2,1H3,(H,20,22)/b9-8+. The third kappa shape index (κ3) is 4.12. The lowest BCUT2D eigenvalue weighted by atomic mass is 10.2. The molecule has 24 heavy (non-hydrogen) atoms. The van der Waals surface area contributed by atoms with Gasteiger partial charge in [-0.15, -0.1) is 22.7 Å². The van der Waals surface area contributed by atoms with Gasteiger partial charge in [-0.2, -0.15) is 0 Å². The van der Waals surface area contributed by atoms with Gasteiger partial charge < -0.3 is 5.32 Å². The number of amides is 1. The Labute approximate surface area is 153 Å². The van der Waals surface area contributed by atoms with E-state index in [1.807, 2.05) is 36.6 Å². The molecule has 6 heteroatoms. The summed E-state index contributed by atoms with van der Waals surface area (Å²) < 4.78 is 0. The van der Waals surface area contributed by atoms with Gasteiger partial charge in [-0.3, -0.25) is 4.79 Å². The van der Waals surface area contributed by atoms with Crippen LogP contribution in [0.5, 0.6) is 0 Å². The highest BCUT2D eigenvalue weighted by atomic mass is 35.5. The van der Waals surface area contributed by atoms with Gasteiger partial charge in [0, 0.05) is 16.0 Å². The van der Waals surface area contributed by atoms with Gasteiger partial charge in [0.05, 0.1) is 17.1 Å². The van der Waals surface area contributed by atoms with Crippen molar-refractivity contribution in [1.29, 1.82) is 0 Å². The van der Waals surface area contributed by atoms with E-state index < -0.39 is 0 Å². The topological polar surface area (TPSA) is 42.0 Å². The Morgan fingerprint density at radius 1 is 1.29 bits per heavy atom. The number of halogens is 1. The lowest BCUT2D eigenvalue weighted by Gasteiger charge is -2.01. The summed E-state index contributed by atoms with van der Waals surface area (Å²) >= 11 is 9.35. The minimum atomic E-state index is -0.152. The number of rotatable bonds is 5. The number of hydrogen-bond acceptors (Lipinski definition) is 4. The van der Waals surface area contributed by atoms with E-state index in [1.54, 1.807) is 34.8 Å². The van der Waals surface area contributed by atoms with Gasteiger partial charge in [-0.1, -0.05) is 35.9 Å². The van der Waals surface area contributed by atoms with Crippen molar-refractivity contribution in [1.82, 2.24) is 10.3 Å². The number of nitrogens with zero attached hydrogens (tertiary/aromatic N) is 1. The first kappa shape index (κ1) is 16.9. The molecule has 0 bridgehead atoms. The molecule has 0 saturated heterocycles. The second kappa shape index (κ2) is 7.75. The number of carbonyl (C=O) groups is 1. The molecule has 0 saturated carbocycles. The second-order valence-corrected chi connectivity index (χ2v) is 7.52. The molecule has 3 rings (SSSR count). The predicted molar refractivity (Wildman–Crippen MR) is 102 cm³/mol. The zero-order chi connectivity index (χ0) is 16.9. The smallest absolute Gasteiger partial charge is 0.244 e. The summed E-state index contributed by atoms with van der Waals surface area (Å²) in [7, 11) is 0. The lowest BCUT2D eigenvalue weighted by Crippen LogP contribution is -2.20. The molecule has 0 aliphatic rings. The molecule has 0 atom stereocenters. The monoisotopic (exact) mass is 374 g/mol. The number of aryl methyl sites for hydroxylation is 1. The molecule has 0 aliphatic heterocycles. The summed E-state index contributed by atoms with van der Waals surface area (Å²) in [6, 6.07) is 11.5. The van der Waals surface area contributed by atoms with Crippen LogP contribution in [-0.2, 0) is 11.3 Å². The summed E-state index contributed by atoms with van der Waals surface area (Å²) in [4.78, 5) is 18.8. The SMILES string of the molecule is Cc1nc(-c2cccs2)sc1CNC(=O)/C=C/c1ccccc1Cl. The van der Waals surface area contributed by atoms with Crippen LogP contribution < -0.4 is 5.32 Å². The third-order valence-corrected chi connectivity index (χ3v) is 5.91. The highest BCUT2D eigenvalue weighted by molar-refractivity contribution is 7.21. The zero-order valence-corrected chi connectivity index (χ0v) is 15.3. The van der Waals surface area contributed by atoms with Crippen molar-refractivity contribution in [3.63, 3.8) is 0 Å². The largest absolute Gasteiger partial charge is 0.348 e. The summed E-state index contributed by atoms with van der Waals surface area (Å²) in [5, 5.41) is 6.55. The number of benzene rings is 1. The summed E-state index contributed by atoms with van der Waals surface area (Å²) in [5.41, 5.74) is 1.78. The molecule has 3 aromatic rings. The fourth-order valence-electron chi connectivity index (χ4n) is 2.10. The van der Waals surface area contributed by atoms with Crippen LogP contribution in [0.15, 0.2) is 47.9 Å². The number of thiophene rings is 1. The van der Waals surface area contributed by atoms with Crippen molar-refractivity contribution in [3.05, 3.63) is 69.0 Å². The van der Waals surface area contributed by atoms with Gasteiger partial charge in [0.25, 0.3) is 0 Å². The Morgan fingerprint density at radius 3 is 2.88 bits per heavy atom. The van der Waals surface area contributed by atoms with Crippen LogP contribution in [0.2, 0.25) is 5.02 Å². The average Bonchev–Trinajstić information content (AvgIpc) is 3.22. The molecule has 2 aromatic heterocycles. The van der Waals surface area contributed by atoms with Crippen LogP contribution in [-0.4, -0.2) is 10.9 Å². The molecule has 0 aliphatic carbocycles. The van der Waals surface area contributed by atoms with Crippen LogP contribution in [0.1, 0.15) is 16.1 Å². The Balaban J connectivity index is 1.62. The van der Waals surface area contributed by atoms with Crippen molar-refractivity contribution in [3.8, 4) is 9.88 Å². The predicted octanol–water partition coefficient (Wildman–Crippen LogP) is 5.16. The second-order valence-electron chi connectivity index (χ2n) is 5.08. The van der Waals surface area contributed by atoms with E-state index in [0.717, 1.165) is 26.0 Å². The first-order valence-electron chi connectivity index (χ1n) is 7.34. The fourth-order valence-corrected chi connectivity index (χ4v) is 4.10. The number of carbonyl (C=O) groups excluding carboxylic acids is 1. The number of nitrogens with one attached hydrogen (secondary N) is 1. The molecule has 1 amide bonds. The maximum absolute atomic E-state index is 12.0. The van der Waals surface area contributed by atoms with E-state index in [4.69, 9.17) is 11.6 Å². The van der Waals surface area contributed by atoms with Crippen molar-refractivity contribution in [2.75, 3.05) is 0 Å². The van der Waals surface area contributed by atoms with Crippen LogP contribution in [0.4, 0.5) is 0 Å². The summed E-state index contributed by atoms with van der Waals surface area (Å²) in [6.07, 6.45) is 3.21. The first-order chi connectivity index (χ1) is 11.6. The molecule has 0 spiro atoms. The van der Waals surface area contributed by atoms with Crippen molar-refractivity contribution >= 4 is 46.3 Å². The molecule has 122 valence electrons. The molecular weight excluding hydrogens is 360 g/mol. The zero-order valence-electron chi connectivity index (χ0n) is 13.0. The summed E-state index contributed by atoms with van der Waals surface area (Å²) in [6.45, 7) is 2.44. The van der Waals surface area contributed by atoms with Crippen molar-refractivity contribution in [2.45, 2.75) is 13.5 Å². The number of thiazole rings is 1. The molecule has 0 unspecified atom stereocenters. The number of hydrogen-bond donors (Lipinski definition) is 1. The molecule has 1 aromatic carbocycles. The Kier molecular flexibility index (Phi) is 5.45. The minimum Gasteiger partial charge on any atom is -0.348 e. The molecular formula is C18H15ClN2OS2. The molecule has 1 N–H and O–H groups in total. The van der Waals surface area contributed by atoms with Crippen molar-refractivity contribution < 1.29 is 4.79 Å². The third-order valence-electron chi connectivity index (χ3n) is 3.37. The fraction of sp³-hybridized carbons (Fsp3) is 0.111. The minimum absolute atomic E-state index is 0.152.